The van der Waals surface area contributed by atoms with Crippen molar-refractivity contribution in [1.29, 1.82) is 0 Å². The predicted octanol–water partition coefficient (Wildman–Crippen LogP) is 9.99. The Hall–Kier alpha value is -6.44. The number of fused-ring (bicyclic) bond motifs is 7. The van der Waals surface area contributed by atoms with Gasteiger partial charge in [0, 0.05) is 22.2 Å². The van der Waals surface area contributed by atoms with Crippen LogP contribution in [0.15, 0.2) is 176 Å². The first-order valence-electron chi connectivity index (χ1n) is 18.6. The van der Waals surface area contributed by atoms with E-state index in [1.165, 1.54) is 5.70 Å². The smallest absolute Gasteiger partial charge is 0.121 e. The summed E-state index contributed by atoms with van der Waals surface area (Å²) in [6.07, 6.45) is 24.3. The van der Waals surface area contributed by atoms with E-state index in [4.69, 9.17) is 10.2 Å². The maximum atomic E-state index is 5.19. The van der Waals surface area contributed by atoms with Crippen molar-refractivity contribution in [3.63, 3.8) is 0 Å². The summed E-state index contributed by atoms with van der Waals surface area (Å²) in [5, 5.41) is 16.4. The second kappa shape index (κ2) is 12.1. The summed E-state index contributed by atoms with van der Waals surface area (Å²) < 4.78 is 0. The highest BCUT2D eigenvalue weighted by Crippen LogP contribution is 2.55. The maximum absolute atomic E-state index is 5.19. The van der Waals surface area contributed by atoms with Gasteiger partial charge in [0.25, 0.3) is 0 Å². The average molecular weight is 688 g/mol. The summed E-state index contributed by atoms with van der Waals surface area (Å²) >= 11 is 0. The minimum Gasteiger partial charge on any atom is -0.358 e. The highest BCUT2D eigenvalue weighted by atomic mass is 15.5. The molecule has 0 amide bonds. The molecule has 0 saturated carbocycles. The fourth-order valence-corrected chi connectivity index (χ4v) is 8.93. The molecule has 7 nitrogen and oxygen atoms in total. The molecule has 256 valence electrons. The maximum Gasteiger partial charge on any atom is 0.121 e. The fraction of sp³-hybridized carbons (Fsp3) is 0.130. The molecule has 3 aliphatic carbocycles. The first-order valence-corrected chi connectivity index (χ1v) is 18.6. The van der Waals surface area contributed by atoms with Crippen molar-refractivity contribution < 1.29 is 0 Å². The van der Waals surface area contributed by atoms with Gasteiger partial charge >= 0.3 is 0 Å². The minimum absolute atomic E-state index is 0.277. The number of aromatic nitrogens is 3. The van der Waals surface area contributed by atoms with E-state index in [2.05, 4.69) is 190 Å². The van der Waals surface area contributed by atoms with Crippen molar-refractivity contribution in [3.05, 3.63) is 176 Å². The molecule has 1 saturated heterocycles. The van der Waals surface area contributed by atoms with E-state index in [1.807, 2.05) is 4.80 Å². The van der Waals surface area contributed by atoms with Gasteiger partial charge in [0.05, 0.1) is 58.3 Å². The van der Waals surface area contributed by atoms with Gasteiger partial charge in [-0.25, -0.2) is 0 Å². The standard InChI is InChI=1S/C46H37N7/c1-2-14-31(15-3-1)51-41-22-10-12-24-43(41)52(44-25-13-11-23-42(44)51)45-30-38-46(35-17-5-4-16-34(35)45)49-53(48-38)33-28-26-32(27-29-33)50-39-20-8-6-18-36(39)47-37-19-7-9-21-40(37)50/h1-26,28,30,36-37,39-40,47H,27,29H2. The number of nitrogens with zero attached hydrogens (tertiary/aromatic N) is 6. The predicted molar refractivity (Wildman–Crippen MR) is 216 cm³/mol. The summed E-state index contributed by atoms with van der Waals surface area (Å²) in [6, 6.07) is 39.9. The molecule has 11 rings (SSSR count). The highest BCUT2D eigenvalue weighted by Gasteiger charge is 2.41. The zero-order chi connectivity index (χ0) is 34.9. The Morgan fingerprint density at radius 2 is 1.06 bits per heavy atom. The van der Waals surface area contributed by atoms with E-state index in [9.17, 15) is 0 Å². The number of allylic oxidation sites excluding steroid dienone is 8. The zero-order valence-corrected chi connectivity index (χ0v) is 29.1. The molecule has 0 bridgehead atoms. The van der Waals surface area contributed by atoms with Crippen LogP contribution in [0.25, 0.3) is 27.5 Å². The van der Waals surface area contributed by atoms with E-state index < -0.39 is 0 Å². The largest absolute Gasteiger partial charge is 0.358 e. The third kappa shape index (κ3) is 4.77. The molecule has 53 heavy (non-hydrogen) atoms. The fourth-order valence-electron chi connectivity index (χ4n) is 8.93. The van der Waals surface area contributed by atoms with Crippen molar-refractivity contribution in [1.82, 2.24) is 25.2 Å². The number of benzene rings is 5. The second-order valence-electron chi connectivity index (χ2n) is 14.2. The van der Waals surface area contributed by atoms with Crippen molar-refractivity contribution in [2.45, 2.75) is 37.0 Å². The second-order valence-corrected chi connectivity index (χ2v) is 14.2. The summed E-state index contributed by atoms with van der Waals surface area (Å²) in [5.74, 6) is 0. The van der Waals surface area contributed by atoms with Crippen LogP contribution in [0.4, 0.5) is 34.1 Å². The van der Waals surface area contributed by atoms with Crippen LogP contribution in [0.1, 0.15) is 12.8 Å². The molecule has 3 heterocycles. The lowest BCUT2D eigenvalue weighted by molar-refractivity contribution is 0.139. The van der Waals surface area contributed by atoms with Gasteiger partial charge < -0.3 is 14.7 Å². The molecule has 6 aromatic rings. The quantitative estimate of drug-likeness (QED) is 0.199. The van der Waals surface area contributed by atoms with Crippen molar-refractivity contribution in [2.24, 2.45) is 0 Å². The van der Waals surface area contributed by atoms with Crippen LogP contribution in [-0.4, -0.2) is 44.1 Å². The van der Waals surface area contributed by atoms with Crippen LogP contribution in [0, 0.1) is 0 Å². The van der Waals surface area contributed by atoms with Gasteiger partial charge in [-0.15, -0.1) is 10.2 Å². The molecule has 5 aliphatic rings. The van der Waals surface area contributed by atoms with Crippen molar-refractivity contribution in [3.8, 4) is 0 Å². The van der Waals surface area contributed by atoms with Crippen LogP contribution in [0.5, 0.6) is 0 Å². The highest BCUT2D eigenvalue weighted by molar-refractivity contribution is 6.14. The Balaban J connectivity index is 1.01. The summed E-state index contributed by atoms with van der Waals surface area (Å²) in [7, 11) is 0. The molecule has 2 aliphatic heterocycles. The van der Waals surface area contributed by atoms with Crippen molar-refractivity contribution in [2.75, 3.05) is 9.80 Å². The summed E-state index contributed by atoms with van der Waals surface area (Å²) in [6.45, 7) is 0. The summed E-state index contributed by atoms with van der Waals surface area (Å²) in [5.41, 5.74) is 10.9. The van der Waals surface area contributed by atoms with Crippen LogP contribution < -0.4 is 15.1 Å². The van der Waals surface area contributed by atoms with Crippen LogP contribution in [0.2, 0.25) is 0 Å². The molecular weight excluding hydrogens is 651 g/mol. The van der Waals surface area contributed by atoms with E-state index in [0.29, 0.717) is 0 Å². The van der Waals surface area contributed by atoms with Gasteiger partial charge in [-0.3, -0.25) is 5.32 Å². The van der Waals surface area contributed by atoms with Gasteiger partial charge in [0.2, 0.25) is 0 Å². The van der Waals surface area contributed by atoms with Gasteiger partial charge in [0.15, 0.2) is 0 Å². The van der Waals surface area contributed by atoms with Gasteiger partial charge in [-0.1, -0.05) is 115 Å². The zero-order valence-electron chi connectivity index (χ0n) is 29.1. The van der Waals surface area contributed by atoms with E-state index in [0.717, 1.165) is 74.5 Å². The van der Waals surface area contributed by atoms with Crippen LogP contribution in [0.3, 0.4) is 0 Å². The molecule has 5 aromatic carbocycles. The lowest BCUT2D eigenvalue weighted by Gasteiger charge is -2.51. The monoisotopic (exact) mass is 687 g/mol. The van der Waals surface area contributed by atoms with Gasteiger partial charge in [-0.05, 0) is 67.5 Å². The Bertz CT molecular complexity index is 2530. The first kappa shape index (κ1) is 30.2. The molecule has 7 heteroatoms. The number of piperazine rings is 1. The third-order valence-electron chi connectivity index (χ3n) is 11.3. The number of anilines is 6. The molecule has 0 spiro atoms. The molecule has 1 N–H and O–H groups in total. The first-order chi connectivity index (χ1) is 26.3. The number of hydrogen-bond donors (Lipinski definition) is 1. The van der Waals surface area contributed by atoms with Crippen LogP contribution >= 0.6 is 0 Å². The molecule has 4 atom stereocenters. The number of hydrogen-bond acceptors (Lipinski definition) is 6. The molecule has 4 unspecified atom stereocenters. The van der Waals surface area contributed by atoms with Gasteiger partial charge in [-0.2, -0.15) is 4.80 Å². The number of nitrogens with one attached hydrogen (secondary N) is 1. The third-order valence-corrected chi connectivity index (χ3v) is 11.3. The topological polar surface area (TPSA) is 52.5 Å². The van der Waals surface area contributed by atoms with E-state index in [1.54, 1.807) is 0 Å². The van der Waals surface area contributed by atoms with Crippen LogP contribution in [-0.2, 0) is 0 Å². The Morgan fingerprint density at radius 1 is 0.509 bits per heavy atom. The SMILES string of the molecule is C1=CC2NC3C=CC=CC3N(C3=CC=C(n4nc5cc(N6c7ccccc7N(c7ccccc7)c7ccccc76)c6ccccc6c5n4)CC3)C2C=C1. The van der Waals surface area contributed by atoms with E-state index >= 15 is 0 Å². The lowest BCUT2D eigenvalue weighted by atomic mass is 9.87. The average Bonchev–Trinajstić information content (AvgIpc) is 3.67. The molecule has 0 radical (unpaired) electrons. The summed E-state index contributed by atoms with van der Waals surface area (Å²) in [4.78, 5) is 9.26. The molecule has 1 aromatic heterocycles. The Kier molecular flexibility index (Phi) is 6.88. The lowest BCUT2D eigenvalue weighted by Crippen LogP contribution is -2.65. The number of para-hydroxylation sites is 5. The normalized spacial score (nSPS) is 22.7. The minimum atomic E-state index is 0.277. The van der Waals surface area contributed by atoms with E-state index in [-0.39, 0.29) is 24.2 Å². The molecule has 1 fully saturated rings. The number of rotatable bonds is 4. The molecular formula is C46H37N7. The Morgan fingerprint density at radius 3 is 1.70 bits per heavy atom. The van der Waals surface area contributed by atoms with Gasteiger partial charge in [0.1, 0.15) is 11.0 Å². The Labute approximate surface area is 308 Å². The van der Waals surface area contributed by atoms with Crippen molar-refractivity contribution >= 4 is 61.6 Å².